The molecule has 1 N–H and O–H groups in total. The topological polar surface area (TPSA) is 29.1 Å². The third-order valence-corrected chi connectivity index (χ3v) is 2.64. The van der Waals surface area contributed by atoms with Gasteiger partial charge in [0.2, 0.25) is 5.91 Å². The van der Waals surface area contributed by atoms with Crippen LogP contribution in [0.15, 0.2) is 24.3 Å². The van der Waals surface area contributed by atoms with E-state index in [1.807, 2.05) is 6.92 Å². The summed E-state index contributed by atoms with van der Waals surface area (Å²) in [4.78, 5) is 11.2. The third kappa shape index (κ3) is 4.47. The van der Waals surface area contributed by atoms with Crippen LogP contribution in [0, 0.1) is 0 Å². The second kappa shape index (κ2) is 7.04. The van der Waals surface area contributed by atoms with Crippen LogP contribution in [0.4, 0.5) is 0 Å². The van der Waals surface area contributed by atoms with Gasteiger partial charge in [-0.1, -0.05) is 38.1 Å². The van der Waals surface area contributed by atoms with Crippen molar-refractivity contribution >= 4 is 5.91 Å². The first-order valence-electron chi connectivity index (χ1n) is 6.10. The molecule has 0 aromatic heterocycles. The van der Waals surface area contributed by atoms with E-state index in [4.69, 9.17) is 0 Å². The minimum atomic E-state index is 0.160. The fourth-order valence-corrected chi connectivity index (χ4v) is 1.60. The van der Waals surface area contributed by atoms with E-state index in [-0.39, 0.29) is 5.91 Å². The Morgan fingerprint density at radius 1 is 1.12 bits per heavy atom. The van der Waals surface area contributed by atoms with Gasteiger partial charge in [-0.05, 0) is 30.4 Å². The minimum Gasteiger partial charge on any atom is -0.356 e. The molecule has 0 saturated carbocycles. The smallest absolute Gasteiger partial charge is 0.219 e. The Morgan fingerprint density at radius 3 is 2.31 bits per heavy atom. The highest BCUT2D eigenvalue weighted by atomic mass is 16.1. The molecule has 0 unspecified atom stereocenters. The van der Waals surface area contributed by atoms with E-state index < -0.39 is 0 Å². The summed E-state index contributed by atoms with van der Waals surface area (Å²) < 4.78 is 0. The normalized spacial score (nSPS) is 10.1. The summed E-state index contributed by atoms with van der Waals surface area (Å²) in [5.41, 5.74) is 2.65. The van der Waals surface area contributed by atoms with Crippen molar-refractivity contribution in [1.29, 1.82) is 0 Å². The van der Waals surface area contributed by atoms with Gasteiger partial charge in [-0.15, -0.1) is 0 Å². The van der Waals surface area contributed by atoms with Gasteiger partial charge < -0.3 is 5.32 Å². The number of hydrogen-bond acceptors (Lipinski definition) is 1. The highest BCUT2D eigenvalue weighted by Gasteiger charge is 1.98. The third-order valence-electron chi connectivity index (χ3n) is 2.64. The molecule has 0 saturated heterocycles. The number of aryl methyl sites for hydroxylation is 1. The van der Waals surface area contributed by atoms with Crippen molar-refractivity contribution in [2.24, 2.45) is 0 Å². The maximum Gasteiger partial charge on any atom is 0.219 e. The molecule has 1 aromatic carbocycles. The molecule has 1 rings (SSSR count). The van der Waals surface area contributed by atoms with E-state index in [9.17, 15) is 4.79 Å². The van der Waals surface area contributed by atoms with Crippen LogP contribution in [0.25, 0.3) is 0 Å². The van der Waals surface area contributed by atoms with Crippen LogP contribution < -0.4 is 5.32 Å². The van der Waals surface area contributed by atoms with Crippen molar-refractivity contribution in [3.05, 3.63) is 35.4 Å². The Labute approximate surface area is 98.1 Å². The first kappa shape index (κ1) is 12.8. The van der Waals surface area contributed by atoms with Crippen LogP contribution in [0.2, 0.25) is 0 Å². The van der Waals surface area contributed by atoms with E-state index >= 15 is 0 Å². The average Bonchev–Trinajstić information content (AvgIpc) is 2.30. The lowest BCUT2D eigenvalue weighted by atomic mass is 10.1. The van der Waals surface area contributed by atoms with Gasteiger partial charge in [0.05, 0.1) is 0 Å². The second-order valence-electron chi connectivity index (χ2n) is 4.02. The molecular weight excluding hydrogens is 198 g/mol. The highest BCUT2D eigenvalue weighted by molar-refractivity contribution is 5.75. The number of nitrogens with one attached hydrogen (secondary N) is 1. The van der Waals surface area contributed by atoms with Gasteiger partial charge in [0.15, 0.2) is 0 Å². The molecular formula is C14H21NO. The Kier molecular flexibility index (Phi) is 5.62. The van der Waals surface area contributed by atoms with Crippen LogP contribution >= 0.6 is 0 Å². The predicted molar refractivity (Wildman–Crippen MR) is 67.4 cm³/mol. The van der Waals surface area contributed by atoms with E-state index in [2.05, 4.69) is 36.5 Å². The zero-order valence-corrected chi connectivity index (χ0v) is 10.3. The second-order valence-corrected chi connectivity index (χ2v) is 4.02. The van der Waals surface area contributed by atoms with E-state index in [0.717, 1.165) is 25.8 Å². The van der Waals surface area contributed by atoms with Crippen molar-refractivity contribution in [2.75, 3.05) is 6.54 Å². The van der Waals surface area contributed by atoms with E-state index in [1.165, 1.54) is 11.1 Å². The molecule has 0 aliphatic carbocycles. The minimum absolute atomic E-state index is 0.160. The van der Waals surface area contributed by atoms with Gasteiger partial charge in [-0.3, -0.25) is 4.79 Å². The molecule has 0 spiro atoms. The van der Waals surface area contributed by atoms with Crippen LogP contribution in [0.1, 0.15) is 37.8 Å². The first-order valence-corrected chi connectivity index (χ1v) is 6.10. The van der Waals surface area contributed by atoms with Gasteiger partial charge in [0.25, 0.3) is 0 Å². The Bertz CT molecular complexity index is 316. The summed E-state index contributed by atoms with van der Waals surface area (Å²) in [6.45, 7) is 4.91. The number of hydrogen-bond donors (Lipinski definition) is 1. The average molecular weight is 219 g/mol. The Hall–Kier alpha value is -1.31. The maximum atomic E-state index is 11.2. The van der Waals surface area contributed by atoms with Crippen molar-refractivity contribution in [3.63, 3.8) is 0 Å². The summed E-state index contributed by atoms with van der Waals surface area (Å²) in [6.07, 6.45) is 3.54. The number of amides is 1. The monoisotopic (exact) mass is 219 g/mol. The van der Waals surface area contributed by atoms with Crippen LogP contribution in [-0.2, 0) is 17.6 Å². The Balaban J connectivity index is 2.29. The number of rotatable bonds is 6. The Morgan fingerprint density at radius 2 is 1.75 bits per heavy atom. The molecule has 2 nitrogen and oxygen atoms in total. The summed E-state index contributed by atoms with van der Waals surface area (Å²) in [5.74, 6) is 0.160. The number of carbonyl (C=O) groups is 1. The van der Waals surface area contributed by atoms with Gasteiger partial charge in [-0.2, -0.15) is 0 Å². The number of benzene rings is 1. The fourth-order valence-electron chi connectivity index (χ4n) is 1.60. The zero-order chi connectivity index (χ0) is 11.8. The van der Waals surface area contributed by atoms with Crippen LogP contribution in [0.3, 0.4) is 0 Å². The van der Waals surface area contributed by atoms with Crippen molar-refractivity contribution in [3.8, 4) is 0 Å². The van der Waals surface area contributed by atoms with Crippen LogP contribution in [0.5, 0.6) is 0 Å². The summed E-state index contributed by atoms with van der Waals surface area (Å²) in [5, 5.41) is 2.92. The van der Waals surface area contributed by atoms with Crippen molar-refractivity contribution in [2.45, 2.75) is 39.5 Å². The first-order chi connectivity index (χ1) is 7.76. The van der Waals surface area contributed by atoms with Gasteiger partial charge in [-0.25, -0.2) is 0 Å². The summed E-state index contributed by atoms with van der Waals surface area (Å²) in [7, 11) is 0. The van der Waals surface area contributed by atoms with Gasteiger partial charge >= 0.3 is 0 Å². The molecule has 0 aliphatic heterocycles. The number of carbonyl (C=O) groups excluding carboxylic acids is 1. The molecule has 16 heavy (non-hydrogen) atoms. The van der Waals surface area contributed by atoms with Crippen molar-refractivity contribution < 1.29 is 4.79 Å². The fraction of sp³-hybridized carbons (Fsp3) is 0.500. The van der Waals surface area contributed by atoms with Crippen LogP contribution in [-0.4, -0.2) is 12.5 Å². The molecule has 0 heterocycles. The standard InChI is InChI=1S/C14H21NO/c1-3-5-14(16)15-11-10-13-8-6-12(4-2)7-9-13/h6-9H,3-5,10-11H2,1-2H3,(H,15,16). The van der Waals surface area contributed by atoms with Gasteiger partial charge in [0, 0.05) is 13.0 Å². The SMILES string of the molecule is CCCC(=O)NCCc1ccc(CC)cc1. The molecule has 2 heteroatoms. The largest absolute Gasteiger partial charge is 0.356 e. The lowest BCUT2D eigenvalue weighted by Gasteiger charge is -2.05. The molecule has 0 aliphatic rings. The summed E-state index contributed by atoms with van der Waals surface area (Å²) in [6, 6.07) is 8.60. The maximum absolute atomic E-state index is 11.2. The molecule has 0 radical (unpaired) electrons. The molecule has 0 atom stereocenters. The zero-order valence-electron chi connectivity index (χ0n) is 10.3. The lowest BCUT2D eigenvalue weighted by Crippen LogP contribution is -2.25. The summed E-state index contributed by atoms with van der Waals surface area (Å²) >= 11 is 0. The highest BCUT2D eigenvalue weighted by Crippen LogP contribution is 2.05. The molecule has 0 fully saturated rings. The molecule has 1 amide bonds. The molecule has 1 aromatic rings. The van der Waals surface area contributed by atoms with E-state index in [0.29, 0.717) is 6.42 Å². The predicted octanol–water partition coefficient (Wildman–Crippen LogP) is 2.71. The lowest BCUT2D eigenvalue weighted by molar-refractivity contribution is -0.121. The molecule has 88 valence electrons. The van der Waals surface area contributed by atoms with Crippen molar-refractivity contribution in [1.82, 2.24) is 5.32 Å². The van der Waals surface area contributed by atoms with E-state index in [1.54, 1.807) is 0 Å². The van der Waals surface area contributed by atoms with Gasteiger partial charge in [0.1, 0.15) is 0 Å². The molecule has 0 bridgehead atoms. The quantitative estimate of drug-likeness (QED) is 0.783.